The van der Waals surface area contributed by atoms with Crippen LogP contribution in [0.1, 0.15) is 264 Å². The summed E-state index contributed by atoms with van der Waals surface area (Å²) in [5, 5.41) is 23.2. The number of unbranched alkanes of at least 4 members (excludes halogenated alkanes) is 35. The van der Waals surface area contributed by atoms with Crippen LogP contribution < -0.4 is 5.32 Å². The molecule has 0 aromatic heterocycles. The van der Waals surface area contributed by atoms with Crippen molar-refractivity contribution in [3.63, 3.8) is 0 Å². The van der Waals surface area contributed by atoms with Crippen molar-refractivity contribution in [2.45, 2.75) is 276 Å². The number of nitrogens with one attached hydrogen (secondary N) is 1. The lowest BCUT2D eigenvalue weighted by Gasteiger charge is -2.22. The lowest BCUT2D eigenvalue weighted by Crippen LogP contribution is -2.45. The first kappa shape index (κ1) is 48.4. The van der Waals surface area contributed by atoms with E-state index in [1.165, 1.54) is 212 Å². The summed E-state index contributed by atoms with van der Waals surface area (Å²) >= 11 is 0. The maximum atomic E-state index is 12.4. The molecule has 0 saturated heterocycles. The molecule has 0 rings (SSSR count). The van der Waals surface area contributed by atoms with Crippen molar-refractivity contribution in [3.05, 3.63) is 0 Å². The molecule has 0 saturated carbocycles. The summed E-state index contributed by atoms with van der Waals surface area (Å²) in [5.74, 6) is -0.0254. The molecular formula is C45H91NO3. The number of rotatable bonds is 42. The van der Waals surface area contributed by atoms with Gasteiger partial charge in [-0.3, -0.25) is 4.79 Å². The highest BCUT2D eigenvalue weighted by Gasteiger charge is 2.20. The van der Waals surface area contributed by atoms with Gasteiger partial charge in [0.05, 0.1) is 18.8 Å². The molecule has 1 amide bonds. The number of carbonyl (C=O) groups excluding carboxylic acids is 1. The third-order valence-electron chi connectivity index (χ3n) is 10.9. The summed E-state index contributed by atoms with van der Waals surface area (Å²) < 4.78 is 0. The zero-order valence-electron chi connectivity index (χ0n) is 33.7. The quantitative estimate of drug-likeness (QED) is 0.0557. The highest BCUT2D eigenvalue weighted by atomic mass is 16.3. The number of hydrogen-bond donors (Lipinski definition) is 3. The molecule has 4 nitrogen and oxygen atoms in total. The van der Waals surface area contributed by atoms with Crippen molar-refractivity contribution in [2.24, 2.45) is 0 Å². The first-order valence-corrected chi connectivity index (χ1v) is 22.7. The Labute approximate surface area is 308 Å². The van der Waals surface area contributed by atoms with E-state index in [-0.39, 0.29) is 12.5 Å². The Balaban J connectivity index is 3.43. The molecule has 0 aromatic carbocycles. The van der Waals surface area contributed by atoms with Crippen LogP contribution >= 0.6 is 0 Å². The van der Waals surface area contributed by atoms with Crippen molar-refractivity contribution < 1.29 is 15.0 Å². The van der Waals surface area contributed by atoms with Crippen LogP contribution in [0.3, 0.4) is 0 Å². The number of aliphatic hydroxyl groups excluding tert-OH is 2. The molecule has 4 heteroatoms. The Morgan fingerprint density at radius 1 is 0.408 bits per heavy atom. The summed E-state index contributed by atoms with van der Waals surface area (Å²) in [4.78, 5) is 12.4. The molecule has 0 aromatic rings. The van der Waals surface area contributed by atoms with Crippen LogP contribution in [0.15, 0.2) is 0 Å². The fraction of sp³-hybridized carbons (Fsp3) is 0.978. The van der Waals surface area contributed by atoms with Gasteiger partial charge < -0.3 is 15.5 Å². The molecule has 0 aliphatic heterocycles. The lowest BCUT2D eigenvalue weighted by molar-refractivity contribution is -0.123. The van der Waals surface area contributed by atoms with E-state index in [0.717, 1.165) is 25.7 Å². The second-order valence-corrected chi connectivity index (χ2v) is 15.8. The predicted molar refractivity (Wildman–Crippen MR) is 216 cm³/mol. The van der Waals surface area contributed by atoms with Gasteiger partial charge in [-0.15, -0.1) is 0 Å². The first-order valence-electron chi connectivity index (χ1n) is 22.7. The number of hydrogen-bond acceptors (Lipinski definition) is 3. The van der Waals surface area contributed by atoms with E-state index in [2.05, 4.69) is 19.2 Å². The van der Waals surface area contributed by atoms with Gasteiger partial charge in [-0.25, -0.2) is 0 Å². The van der Waals surface area contributed by atoms with E-state index in [0.29, 0.717) is 12.8 Å². The van der Waals surface area contributed by atoms with Gasteiger partial charge in [0, 0.05) is 6.42 Å². The highest BCUT2D eigenvalue weighted by Crippen LogP contribution is 2.17. The fourth-order valence-corrected chi connectivity index (χ4v) is 7.36. The molecule has 0 aliphatic rings. The lowest BCUT2D eigenvalue weighted by atomic mass is 10.0. The van der Waals surface area contributed by atoms with Gasteiger partial charge in [0.1, 0.15) is 0 Å². The van der Waals surface area contributed by atoms with Crippen LogP contribution in [-0.4, -0.2) is 34.9 Å². The minimum atomic E-state index is -0.652. The van der Waals surface area contributed by atoms with Crippen molar-refractivity contribution in [1.82, 2.24) is 5.32 Å². The van der Waals surface area contributed by atoms with Gasteiger partial charge in [-0.1, -0.05) is 245 Å². The van der Waals surface area contributed by atoms with Gasteiger partial charge in [-0.05, 0) is 12.8 Å². The van der Waals surface area contributed by atoms with Gasteiger partial charge in [-0.2, -0.15) is 0 Å². The largest absolute Gasteiger partial charge is 0.394 e. The minimum Gasteiger partial charge on any atom is -0.394 e. The van der Waals surface area contributed by atoms with Crippen molar-refractivity contribution in [3.8, 4) is 0 Å². The summed E-state index contributed by atoms with van der Waals surface area (Å²) in [6, 6.07) is -0.529. The molecule has 0 bridgehead atoms. The molecule has 3 N–H and O–H groups in total. The Hall–Kier alpha value is -0.610. The monoisotopic (exact) mass is 694 g/mol. The van der Waals surface area contributed by atoms with E-state index in [9.17, 15) is 15.0 Å². The van der Waals surface area contributed by atoms with Gasteiger partial charge in [0.15, 0.2) is 0 Å². The van der Waals surface area contributed by atoms with Crippen LogP contribution in [0, 0.1) is 0 Å². The molecule has 2 atom stereocenters. The van der Waals surface area contributed by atoms with Crippen molar-refractivity contribution in [2.75, 3.05) is 6.61 Å². The second-order valence-electron chi connectivity index (χ2n) is 15.8. The van der Waals surface area contributed by atoms with Crippen LogP contribution in [0.5, 0.6) is 0 Å². The average Bonchev–Trinajstić information content (AvgIpc) is 3.10. The highest BCUT2D eigenvalue weighted by molar-refractivity contribution is 5.76. The maximum absolute atomic E-state index is 12.4. The third-order valence-corrected chi connectivity index (χ3v) is 10.9. The smallest absolute Gasteiger partial charge is 0.220 e. The standard InChI is InChI=1S/C45H91NO3/c1-3-5-7-9-11-13-15-17-19-20-21-22-23-24-25-26-27-29-31-33-35-37-39-41-45(49)46-43(42-47)44(48)40-38-36-34-32-30-28-18-16-14-12-10-8-6-4-2/h43-44,47-48H,3-42H2,1-2H3,(H,46,49)/t43-,44+/m0/s1. The van der Waals surface area contributed by atoms with Crippen LogP contribution in [0.4, 0.5) is 0 Å². The van der Waals surface area contributed by atoms with E-state index >= 15 is 0 Å². The normalized spacial score (nSPS) is 12.8. The first-order chi connectivity index (χ1) is 24.2. The maximum Gasteiger partial charge on any atom is 0.220 e. The Morgan fingerprint density at radius 2 is 0.653 bits per heavy atom. The van der Waals surface area contributed by atoms with Gasteiger partial charge >= 0.3 is 0 Å². The molecule has 0 spiro atoms. The average molecular weight is 694 g/mol. The Kier molecular flexibility index (Phi) is 41.3. The van der Waals surface area contributed by atoms with Crippen LogP contribution in [0.2, 0.25) is 0 Å². The van der Waals surface area contributed by atoms with Crippen LogP contribution in [-0.2, 0) is 4.79 Å². The Morgan fingerprint density at radius 3 is 0.918 bits per heavy atom. The predicted octanol–water partition coefficient (Wildman–Crippen LogP) is 14.1. The second kappa shape index (κ2) is 41.8. The summed E-state index contributed by atoms with van der Waals surface area (Å²) in [5.41, 5.74) is 0. The summed E-state index contributed by atoms with van der Waals surface area (Å²) in [7, 11) is 0. The molecule has 0 heterocycles. The van der Waals surface area contributed by atoms with Gasteiger partial charge in [0.25, 0.3) is 0 Å². The zero-order chi connectivity index (χ0) is 35.7. The topological polar surface area (TPSA) is 69.6 Å². The van der Waals surface area contributed by atoms with Crippen LogP contribution in [0.25, 0.3) is 0 Å². The zero-order valence-corrected chi connectivity index (χ0v) is 33.7. The Bertz CT molecular complexity index is 626. The third kappa shape index (κ3) is 38.5. The summed E-state index contributed by atoms with van der Waals surface area (Å²) in [6.45, 7) is 4.38. The van der Waals surface area contributed by atoms with E-state index in [1.807, 2.05) is 0 Å². The number of amides is 1. The SMILES string of the molecule is CCCCCCCCCCCCCCCCCCCCCCCCCC(=O)N[C@@H](CO)[C@H](O)CCCCCCCCCCCCCCCC. The van der Waals surface area contributed by atoms with Gasteiger partial charge in [0.2, 0.25) is 5.91 Å². The molecule has 0 unspecified atom stereocenters. The molecular weight excluding hydrogens is 602 g/mol. The molecule has 294 valence electrons. The molecule has 0 radical (unpaired) electrons. The number of aliphatic hydroxyl groups is 2. The molecule has 0 aliphatic carbocycles. The summed E-state index contributed by atoms with van der Waals surface area (Å²) in [6.07, 6.45) is 50.4. The molecule has 0 fully saturated rings. The van der Waals surface area contributed by atoms with E-state index in [4.69, 9.17) is 0 Å². The van der Waals surface area contributed by atoms with Crippen molar-refractivity contribution >= 4 is 5.91 Å². The van der Waals surface area contributed by atoms with Crippen molar-refractivity contribution in [1.29, 1.82) is 0 Å². The van der Waals surface area contributed by atoms with E-state index in [1.54, 1.807) is 0 Å². The molecule has 49 heavy (non-hydrogen) atoms. The minimum absolute atomic E-state index is 0.0254. The van der Waals surface area contributed by atoms with E-state index < -0.39 is 12.1 Å². The fourth-order valence-electron chi connectivity index (χ4n) is 7.36. The number of carbonyl (C=O) groups is 1.